The fourth-order valence-corrected chi connectivity index (χ4v) is 3.91. The Hall–Kier alpha value is -2.62. The van der Waals surface area contributed by atoms with E-state index in [1.807, 2.05) is 65.6 Å². The van der Waals surface area contributed by atoms with Crippen molar-refractivity contribution in [1.29, 1.82) is 0 Å². The van der Waals surface area contributed by atoms with E-state index >= 15 is 0 Å². The highest BCUT2D eigenvalue weighted by atomic mass is 16.2. The van der Waals surface area contributed by atoms with Gasteiger partial charge in [-0.1, -0.05) is 55.0 Å². The second-order valence-corrected chi connectivity index (χ2v) is 6.51. The molecule has 2 atom stereocenters. The molecule has 4 heteroatoms. The Morgan fingerprint density at radius 1 is 0.875 bits per heavy atom. The molecule has 4 rings (SSSR count). The summed E-state index contributed by atoms with van der Waals surface area (Å²) in [5.41, 5.74) is 1.76. The molecule has 1 aliphatic heterocycles. The summed E-state index contributed by atoms with van der Waals surface area (Å²) in [7, 11) is 0. The quantitative estimate of drug-likeness (QED) is 0.862. The van der Waals surface area contributed by atoms with Crippen LogP contribution in [0, 0.1) is 5.92 Å². The number of para-hydroxylation sites is 1. The van der Waals surface area contributed by atoms with Crippen molar-refractivity contribution in [3.63, 3.8) is 0 Å². The second-order valence-electron chi connectivity index (χ2n) is 6.51. The number of benzene rings is 2. The summed E-state index contributed by atoms with van der Waals surface area (Å²) in [6.07, 6.45) is 2.78. The normalized spacial score (nSPS) is 23.5. The van der Waals surface area contributed by atoms with Crippen LogP contribution in [0.15, 0.2) is 60.7 Å². The summed E-state index contributed by atoms with van der Waals surface area (Å²) < 4.78 is 0. The van der Waals surface area contributed by atoms with Crippen LogP contribution in [0.5, 0.6) is 0 Å². The summed E-state index contributed by atoms with van der Waals surface area (Å²) in [6, 6.07) is 19.1. The zero-order chi connectivity index (χ0) is 16.5. The van der Waals surface area contributed by atoms with Gasteiger partial charge in [-0.25, -0.2) is 9.69 Å². The van der Waals surface area contributed by atoms with Crippen LogP contribution in [0.4, 0.5) is 10.5 Å². The van der Waals surface area contributed by atoms with Crippen molar-refractivity contribution in [2.24, 2.45) is 5.92 Å². The number of carbonyl (C=O) groups is 2. The molecule has 0 unspecified atom stereocenters. The summed E-state index contributed by atoms with van der Waals surface area (Å²) in [5.74, 6) is -0.121. The van der Waals surface area contributed by atoms with Gasteiger partial charge < -0.3 is 4.90 Å². The number of imide groups is 1. The topological polar surface area (TPSA) is 40.6 Å². The molecule has 0 N–H and O–H groups in total. The Bertz CT molecular complexity index is 745. The van der Waals surface area contributed by atoms with Crippen LogP contribution in [0.1, 0.15) is 24.8 Å². The molecule has 2 aromatic rings. The van der Waals surface area contributed by atoms with E-state index in [4.69, 9.17) is 0 Å². The van der Waals surface area contributed by atoms with Crippen LogP contribution in [0.3, 0.4) is 0 Å². The van der Waals surface area contributed by atoms with Crippen LogP contribution in [0.25, 0.3) is 0 Å². The van der Waals surface area contributed by atoms with E-state index in [0.717, 1.165) is 24.8 Å². The molecule has 2 aromatic carbocycles. The molecular weight excluding hydrogens is 300 g/mol. The molecule has 122 valence electrons. The number of nitrogens with zero attached hydrogens (tertiary/aromatic N) is 2. The van der Waals surface area contributed by atoms with Gasteiger partial charge in [0.1, 0.15) is 0 Å². The van der Waals surface area contributed by atoms with E-state index in [-0.39, 0.29) is 23.9 Å². The fourth-order valence-electron chi connectivity index (χ4n) is 3.91. The number of hydrogen-bond acceptors (Lipinski definition) is 2. The number of fused-ring (bicyclic) bond motifs is 1. The van der Waals surface area contributed by atoms with Crippen LogP contribution < -0.4 is 4.90 Å². The zero-order valence-electron chi connectivity index (χ0n) is 13.5. The van der Waals surface area contributed by atoms with Crippen molar-refractivity contribution >= 4 is 17.6 Å². The maximum absolute atomic E-state index is 13.1. The number of anilines is 1. The van der Waals surface area contributed by atoms with Crippen molar-refractivity contribution in [2.45, 2.75) is 31.8 Å². The monoisotopic (exact) mass is 320 g/mol. The van der Waals surface area contributed by atoms with Gasteiger partial charge in [0, 0.05) is 12.6 Å². The largest absolute Gasteiger partial charge is 0.331 e. The molecule has 2 aliphatic rings. The molecular formula is C20H20N2O2. The zero-order valence-corrected chi connectivity index (χ0v) is 13.5. The van der Waals surface area contributed by atoms with E-state index in [9.17, 15) is 9.59 Å². The first-order valence-electron chi connectivity index (χ1n) is 8.49. The third kappa shape index (κ3) is 2.48. The lowest BCUT2D eigenvalue weighted by Crippen LogP contribution is -2.60. The molecule has 1 saturated carbocycles. The maximum Gasteiger partial charge on any atom is 0.331 e. The van der Waals surface area contributed by atoms with Gasteiger partial charge in [0.25, 0.3) is 0 Å². The van der Waals surface area contributed by atoms with E-state index in [1.54, 1.807) is 0 Å². The van der Waals surface area contributed by atoms with Crippen molar-refractivity contribution in [2.75, 3.05) is 4.90 Å². The van der Waals surface area contributed by atoms with Gasteiger partial charge in [0.15, 0.2) is 0 Å². The van der Waals surface area contributed by atoms with Crippen LogP contribution in [-0.4, -0.2) is 22.9 Å². The molecule has 0 radical (unpaired) electrons. The lowest BCUT2D eigenvalue weighted by molar-refractivity contribution is -0.124. The summed E-state index contributed by atoms with van der Waals surface area (Å²) in [5, 5.41) is 0. The minimum Gasteiger partial charge on any atom is -0.316 e. The molecule has 4 nitrogen and oxygen atoms in total. The highest BCUT2D eigenvalue weighted by molar-refractivity contribution is 6.17. The molecule has 0 spiro atoms. The van der Waals surface area contributed by atoms with Gasteiger partial charge in [0.2, 0.25) is 5.91 Å². The van der Waals surface area contributed by atoms with Crippen LogP contribution in [-0.2, 0) is 11.3 Å². The van der Waals surface area contributed by atoms with Crippen molar-refractivity contribution in [1.82, 2.24) is 4.90 Å². The Morgan fingerprint density at radius 3 is 2.25 bits per heavy atom. The number of urea groups is 1. The van der Waals surface area contributed by atoms with Crippen LogP contribution >= 0.6 is 0 Å². The minimum absolute atomic E-state index is 0.0326. The Kier molecular flexibility index (Phi) is 3.81. The van der Waals surface area contributed by atoms with Crippen molar-refractivity contribution in [3.05, 3.63) is 66.2 Å². The van der Waals surface area contributed by atoms with Gasteiger partial charge >= 0.3 is 6.03 Å². The first-order chi connectivity index (χ1) is 11.8. The lowest BCUT2D eigenvalue weighted by atomic mass is 9.96. The molecule has 24 heavy (non-hydrogen) atoms. The minimum atomic E-state index is -0.196. The predicted molar refractivity (Wildman–Crippen MR) is 92.4 cm³/mol. The van der Waals surface area contributed by atoms with Gasteiger partial charge in [-0.2, -0.15) is 0 Å². The first-order valence-corrected chi connectivity index (χ1v) is 8.49. The van der Waals surface area contributed by atoms with E-state index in [0.29, 0.717) is 12.2 Å². The average Bonchev–Trinajstić information content (AvgIpc) is 3.11. The fraction of sp³-hybridized carbons (Fsp3) is 0.300. The molecule has 0 aromatic heterocycles. The van der Waals surface area contributed by atoms with Gasteiger partial charge in [-0.05, 0) is 30.5 Å². The summed E-state index contributed by atoms with van der Waals surface area (Å²) in [6.45, 7) is 0.553. The second kappa shape index (κ2) is 6.11. The Balaban J connectivity index is 1.70. The van der Waals surface area contributed by atoms with Crippen molar-refractivity contribution < 1.29 is 9.59 Å². The third-order valence-electron chi connectivity index (χ3n) is 5.06. The molecule has 1 saturated heterocycles. The number of hydrogen-bond donors (Lipinski definition) is 0. The number of carbonyl (C=O) groups excluding carboxylic acids is 2. The lowest BCUT2D eigenvalue weighted by Gasteiger charge is -2.42. The van der Waals surface area contributed by atoms with Crippen LogP contribution in [0.2, 0.25) is 0 Å². The summed E-state index contributed by atoms with van der Waals surface area (Å²) in [4.78, 5) is 29.3. The van der Waals surface area contributed by atoms with Crippen molar-refractivity contribution in [3.8, 4) is 0 Å². The third-order valence-corrected chi connectivity index (χ3v) is 5.06. The maximum atomic E-state index is 13.1. The highest BCUT2D eigenvalue weighted by Crippen LogP contribution is 2.38. The van der Waals surface area contributed by atoms with E-state index in [1.165, 1.54) is 4.90 Å². The molecule has 1 aliphatic carbocycles. The average molecular weight is 320 g/mol. The predicted octanol–water partition coefficient (Wildman–Crippen LogP) is 3.82. The smallest absolute Gasteiger partial charge is 0.316 e. The standard InChI is InChI=1S/C20H20N2O2/c23-19-17-12-7-13-18(17)21(14-15-8-3-1-4-9-15)20(24)22(19)16-10-5-2-6-11-16/h1-6,8-11,17-18H,7,12-14H2/t17-,18+/m1/s1. The molecule has 1 heterocycles. The van der Waals surface area contributed by atoms with Gasteiger partial charge in [0.05, 0.1) is 11.6 Å². The SMILES string of the molecule is O=C1[C@@H]2CCC[C@@H]2N(Cc2ccccc2)C(=O)N1c1ccccc1. The Morgan fingerprint density at radius 2 is 1.54 bits per heavy atom. The summed E-state index contributed by atoms with van der Waals surface area (Å²) >= 11 is 0. The first kappa shape index (κ1) is 14.9. The van der Waals surface area contributed by atoms with E-state index in [2.05, 4.69) is 0 Å². The number of rotatable bonds is 3. The molecule has 0 bridgehead atoms. The number of amides is 3. The molecule has 3 amide bonds. The van der Waals surface area contributed by atoms with Gasteiger partial charge in [-0.15, -0.1) is 0 Å². The van der Waals surface area contributed by atoms with E-state index < -0.39 is 0 Å². The molecule has 2 fully saturated rings. The van der Waals surface area contributed by atoms with Gasteiger partial charge in [-0.3, -0.25) is 4.79 Å². The Labute approximate surface area is 141 Å². The highest BCUT2D eigenvalue weighted by Gasteiger charge is 2.48.